The topological polar surface area (TPSA) is 25.8 Å². The van der Waals surface area contributed by atoms with Crippen molar-refractivity contribution in [2.45, 2.75) is 44.9 Å². The van der Waals surface area contributed by atoms with Gasteiger partial charge in [0.15, 0.2) is 0 Å². The lowest BCUT2D eigenvalue weighted by atomic mass is 9.90. The van der Waals surface area contributed by atoms with Gasteiger partial charge >= 0.3 is 0 Å². The summed E-state index contributed by atoms with van der Waals surface area (Å²) >= 11 is 1.59. The molecule has 1 fully saturated rings. The minimum absolute atomic E-state index is 0.172. The first kappa shape index (κ1) is 8.17. The van der Waals surface area contributed by atoms with Crippen LogP contribution < -0.4 is 0 Å². The first-order chi connectivity index (χ1) is 5.59. The summed E-state index contributed by atoms with van der Waals surface area (Å²) in [6.07, 6.45) is 2.68. The molecule has 0 N–H and O–H groups in total. The monoisotopic (exact) mass is 182 g/mol. The summed E-state index contributed by atoms with van der Waals surface area (Å²) in [4.78, 5) is 1.43. The van der Waals surface area contributed by atoms with Crippen molar-refractivity contribution >= 4 is 11.5 Å². The zero-order valence-corrected chi connectivity index (χ0v) is 8.61. The highest BCUT2D eigenvalue weighted by atomic mass is 32.1. The fraction of sp³-hybridized carbons (Fsp3) is 0.778. The average Bonchev–Trinajstić information content (AvgIpc) is 2.65. The van der Waals surface area contributed by atoms with E-state index in [4.69, 9.17) is 0 Å². The minimum atomic E-state index is 0.172. The van der Waals surface area contributed by atoms with Gasteiger partial charge in [-0.05, 0) is 30.3 Å². The molecule has 12 heavy (non-hydrogen) atoms. The molecule has 2 rings (SSSR count). The molecule has 1 aliphatic rings. The van der Waals surface area contributed by atoms with E-state index in [1.54, 1.807) is 11.5 Å². The van der Waals surface area contributed by atoms with E-state index in [2.05, 4.69) is 30.4 Å². The highest BCUT2D eigenvalue weighted by molar-refractivity contribution is 7.05. The second kappa shape index (κ2) is 2.52. The molecule has 0 aliphatic heterocycles. The third-order valence-electron chi connectivity index (χ3n) is 2.17. The second-order valence-corrected chi connectivity index (χ2v) is 5.30. The molecule has 1 heterocycles. The van der Waals surface area contributed by atoms with Crippen LogP contribution in [0.2, 0.25) is 0 Å². The molecule has 1 aliphatic carbocycles. The van der Waals surface area contributed by atoms with Gasteiger partial charge in [0.2, 0.25) is 0 Å². The van der Waals surface area contributed by atoms with Crippen LogP contribution in [0.1, 0.15) is 50.1 Å². The van der Waals surface area contributed by atoms with Crippen molar-refractivity contribution in [1.82, 2.24) is 9.59 Å². The summed E-state index contributed by atoms with van der Waals surface area (Å²) < 4.78 is 4.04. The summed E-state index contributed by atoms with van der Waals surface area (Å²) in [5.74, 6) is 0.791. The molecule has 0 bridgehead atoms. The Morgan fingerprint density at radius 3 is 2.50 bits per heavy atom. The summed E-state index contributed by atoms with van der Waals surface area (Å²) in [5, 5.41) is 4.22. The molecular weight excluding hydrogens is 168 g/mol. The number of nitrogens with zero attached hydrogens (tertiary/aromatic N) is 2. The lowest BCUT2D eigenvalue weighted by Gasteiger charge is -2.15. The molecule has 1 aromatic heterocycles. The minimum Gasteiger partial charge on any atom is -0.142 e. The molecule has 1 aromatic rings. The van der Waals surface area contributed by atoms with Gasteiger partial charge in [-0.2, -0.15) is 0 Å². The van der Waals surface area contributed by atoms with Gasteiger partial charge in [-0.25, -0.2) is 0 Å². The number of hydrogen-bond donors (Lipinski definition) is 0. The Balaban J connectivity index is 2.36. The van der Waals surface area contributed by atoms with Crippen LogP contribution in [0.4, 0.5) is 0 Å². The average molecular weight is 182 g/mol. The summed E-state index contributed by atoms with van der Waals surface area (Å²) in [5.41, 5.74) is 1.39. The molecule has 2 nitrogen and oxygen atoms in total. The molecule has 0 aromatic carbocycles. The predicted molar refractivity (Wildman–Crippen MR) is 50.6 cm³/mol. The number of hydrogen-bond acceptors (Lipinski definition) is 3. The van der Waals surface area contributed by atoms with Crippen molar-refractivity contribution in [3.05, 3.63) is 10.6 Å². The first-order valence-electron chi connectivity index (χ1n) is 4.42. The molecule has 0 atom stereocenters. The van der Waals surface area contributed by atoms with Gasteiger partial charge in [0.05, 0.1) is 10.6 Å². The van der Waals surface area contributed by atoms with Crippen LogP contribution in [0.25, 0.3) is 0 Å². The molecule has 0 unspecified atom stereocenters. The van der Waals surface area contributed by atoms with Crippen molar-refractivity contribution in [3.8, 4) is 0 Å². The van der Waals surface area contributed by atoms with Gasteiger partial charge in [-0.15, -0.1) is 5.10 Å². The lowest BCUT2D eigenvalue weighted by molar-refractivity contribution is 0.560. The van der Waals surface area contributed by atoms with Gasteiger partial charge in [0, 0.05) is 5.41 Å². The quantitative estimate of drug-likeness (QED) is 0.667. The third-order valence-corrected chi connectivity index (χ3v) is 3.06. The number of aromatic nitrogens is 2. The fourth-order valence-electron chi connectivity index (χ4n) is 1.33. The van der Waals surface area contributed by atoms with E-state index in [9.17, 15) is 0 Å². The third kappa shape index (κ3) is 1.38. The highest BCUT2D eigenvalue weighted by Crippen LogP contribution is 2.45. The normalized spacial score (nSPS) is 18.2. The standard InChI is InChI=1S/C9H14N2S/c1-9(2,3)8-7(6-4-5-6)12-11-10-8/h6H,4-5H2,1-3H3. The molecule has 0 radical (unpaired) electrons. The van der Waals surface area contributed by atoms with Crippen LogP contribution in [0.5, 0.6) is 0 Å². The molecule has 0 spiro atoms. The Morgan fingerprint density at radius 2 is 2.00 bits per heavy atom. The Kier molecular flexibility index (Phi) is 1.72. The summed E-state index contributed by atoms with van der Waals surface area (Å²) in [6.45, 7) is 6.61. The van der Waals surface area contributed by atoms with E-state index >= 15 is 0 Å². The van der Waals surface area contributed by atoms with Crippen LogP contribution in [0.15, 0.2) is 0 Å². The van der Waals surface area contributed by atoms with E-state index in [0.717, 1.165) is 5.92 Å². The maximum absolute atomic E-state index is 4.22. The van der Waals surface area contributed by atoms with Gasteiger partial charge in [-0.3, -0.25) is 0 Å². The fourth-order valence-corrected chi connectivity index (χ4v) is 2.36. The molecule has 3 heteroatoms. The first-order valence-corrected chi connectivity index (χ1v) is 5.19. The Morgan fingerprint density at radius 1 is 1.33 bits per heavy atom. The highest BCUT2D eigenvalue weighted by Gasteiger charge is 2.32. The Labute approximate surface area is 77.2 Å². The molecule has 1 saturated carbocycles. The zero-order chi connectivity index (χ0) is 8.77. The number of rotatable bonds is 1. The largest absolute Gasteiger partial charge is 0.142 e. The molecule has 0 saturated heterocycles. The van der Waals surface area contributed by atoms with Crippen molar-refractivity contribution < 1.29 is 0 Å². The maximum Gasteiger partial charge on any atom is 0.0843 e. The SMILES string of the molecule is CC(C)(C)c1nnsc1C1CC1. The van der Waals surface area contributed by atoms with Crippen LogP contribution in [0, 0.1) is 0 Å². The molecular formula is C9H14N2S. The van der Waals surface area contributed by atoms with E-state index < -0.39 is 0 Å². The predicted octanol–water partition coefficient (Wildman–Crippen LogP) is 2.71. The van der Waals surface area contributed by atoms with E-state index in [1.165, 1.54) is 23.4 Å². The molecule has 0 amide bonds. The van der Waals surface area contributed by atoms with E-state index in [1.807, 2.05) is 0 Å². The summed E-state index contributed by atoms with van der Waals surface area (Å²) in [6, 6.07) is 0. The van der Waals surface area contributed by atoms with Crippen LogP contribution in [0.3, 0.4) is 0 Å². The lowest BCUT2D eigenvalue weighted by Crippen LogP contribution is -2.13. The van der Waals surface area contributed by atoms with Crippen LogP contribution in [-0.4, -0.2) is 9.59 Å². The van der Waals surface area contributed by atoms with Crippen LogP contribution >= 0.6 is 11.5 Å². The Hall–Kier alpha value is -0.440. The smallest absolute Gasteiger partial charge is 0.0843 e. The van der Waals surface area contributed by atoms with E-state index in [0.29, 0.717) is 0 Å². The maximum atomic E-state index is 4.22. The van der Waals surface area contributed by atoms with Gasteiger partial charge in [0.1, 0.15) is 0 Å². The van der Waals surface area contributed by atoms with Crippen molar-refractivity contribution in [3.63, 3.8) is 0 Å². The van der Waals surface area contributed by atoms with Crippen molar-refractivity contribution in [2.75, 3.05) is 0 Å². The Bertz CT molecular complexity index is 281. The van der Waals surface area contributed by atoms with Gasteiger partial charge < -0.3 is 0 Å². The second-order valence-electron chi connectivity index (χ2n) is 4.51. The van der Waals surface area contributed by atoms with Crippen molar-refractivity contribution in [1.29, 1.82) is 0 Å². The van der Waals surface area contributed by atoms with Crippen molar-refractivity contribution in [2.24, 2.45) is 0 Å². The molecule has 66 valence electrons. The summed E-state index contributed by atoms with van der Waals surface area (Å²) in [7, 11) is 0. The van der Waals surface area contributed by atoms with Gasteiger partial charge in [0.25, 0.3) is 0 Å². The van der Waals surface area contributed by atoms with Crippen LogP contribution in [-0.2, 0) is 5.41 Å². The zero-order valence-electron chi connectivity index (χ0n) is 7.79. The van der Waals surface area contributed by atoms with Gasteiger partial charge in [-0.1, -0.05) is 25.3 Å². The van der Waals surface area contributed by atoms with E-state index in [-0.39, 0.29) is 5.41 Å².